The van der Waals surface area contributed by atoms with E-state index in [1.54, 1.807) is 24.5 Å². The molecule has 3 rings (SSSR count). The molecule has 17 heavy (non-hydrogen) atoms. The van der Waals surface area contributed by atoms with Crippen molar-refractivity contribution in [2.75, 3.05) is 4.90 Å². The van der Waals surface area contributed by atoms with Crippen molar-refractivity contribution in [2.45, 2.75) is 32.1 Å². The first-order valence-electron chi connectivity index (χ1n) is 6.00. The zero-order chi connectivity index (χ0) is 11.9. The van der Waals surface area contributed by atoms with Crippen molar-refractivity contribution in [1.29, 1.82) is 0 Å². The van der Waals surface area contributed by atoms with Crippen LogP contribution in [0.25, 0.3) is 0 Å². The molecule has 0 bridgehead atoms. The lowest BCUT2D eigenvalue weighted by molar-refractivity contribution is -0.125. The van der Waals surface area contributed by atoms with Gasteiger partial charge < -0.3 is 0 Å². The highest BCUT2D eigenvalue weighted by Crippen LogP contribution is 2.47. The molecule has 0 atom stereocenters. The lowest BCUT2D eigenvalue weighted by Crippen LogP contribution is -2.34. The number of amides is 2. The highest BCUT2D eigenvalue weighted by molar-refractivity contribution is 6.22. The van der Waals surface area contributed by atoms with Gasteiger partial charge in [0, 0.05) is 18.8 Å². The normalized spacial score (nSPS) is 22.7. The zero-order valence-electron chi connectivity index (χ0n) is 9.56. The molecule has 0 unspecified atom stereocenters. The summed E-state index contributed by atoms with van der Waals surface area (Å²) in [5.74, 6) is -0.0747. The van der Waals surface area contributed by atoms with Gasteiger partial charge in [0.2, 0.25) is 11.8 Å². The maximum Gasteiger partial charge on any atom is 0.240 e. The second-order valence-corrected chi connectivity index (χ2v) is 4.90. The van der Waals surface area contributed by atoms with E-state index >= 15 is 0 Å². The summed E-state index contributed by atoms with van der Waals surface area (Å²) in [6.45, 7) is 0. The fraction of sp³-hybridized carbons (Fsp3) is 0.462. The van der Waals surface area contributed by atoms with Crippen LogP contribution in [0.4, 0.5) is 5.69 Å². The average Bonchev–Trinajstić information content (AvgIpc) is 2.88. The van der Waals surface area contributed by atoms with Crippen molar-refractivity contribution in [2.24, 2.45) is 5.41 Å². The first-order valence-corrected chi connectivity index (χ1v) is 6.00. The number of hydrogen-bond donors (Lipinski definition) is 0. The Hall–Kier alpha value is -1.71. The van der Waals surface area contributed by atoms with Gasteiger partial charge in [0.15, 0.2) is 0 Å². The Morgan fingerprint density at radius 3 is 2.41 bits per heavy atom. The molecular weight excluding hydrogens is 216 g/mol. The predicted molar refractivity (Wildman–Crippen MR) is 62.2 cm³/mol. The summed E-state index contributed by atoms with van der Waals surface area (Å²) in [6.07, 6.45) is 7.43. The van der Waals surface area contributed by atoms with Crippen LogP contribution in [-0.4, -0.2) is 16.8 Å². The maximum atomic E-state index is 12.4. The van der Waals surface area contributed by atoms with Gasteiger partial charge in [-0.05, 0) is 25.0 Å². The molecule has 1 aromatic heterocycles. The van der Waals surface area contributed by atoms with Gasteiger partial charge in [-0.15, -0.1) is 0 Å². The Bertz CT molecular complexity index is 464. The van der Waals surface area contributed by atoms with Crippen molar-refractivity contribution in [3.63, 3.8) is 0 Å². The Balaban J connectivity index is 1.97. The van der Waals surface area contributed by atoms with E-state index < -0.39 is 0 Å². The third-order valence-corrected chi connectivity index (χ3v) is 3.88. The fourth-order valence-corrected chi connectivity index (χ4v) is 2.99. The molecule has 0 N–H and O–H groups in total. The Morgan fingerprint density at radius 1 is 1.12 bits per heavy atom. The molecule has 0 radical (unpaired) electrons. The van der Waals surface area contributed by atoms with Crippen molar-refractivity contribution in [1.82, 2.24) is 4.98 Å². The summed E-state index contributed by atoms with van der Waals surface area (Å²) in [5.41, 5.74) is 0.263. The summed E-state index contributed by atoms with van der Waals surface area (Å²) in [6, 6.07) is 3.42. The monoisotopic (exact) mass is 230 g/mol. The van der Waals surface area contributed by atoms with Crippen LogP contribution in [0.5, 0.6) is 0 Å². The van der Waals surface area contributed by atoms with Gasteiger partial charge in [0.25, 0.3) is 0 Å². The number of rotatable bonds is 1. The molecule has 1 saturated heterocycles. The maximum absolute atomic E-state index is 12.4. The third-order valence-electron chi connectivity index (χ3n) is 3.88. The molecule has 88 valence electrons. The van der Waals surface area contributed by atoms with Crippen LogP contribution >= 0.6 is 0 Å². The molecule has 4 heteroatoms. The van der Waals surface area contributed by atoms with Gasteiger partial charge in [-0.1, -0.05) is 12.8 Å². The molecule has 1 aromatic rings. The lowest BCUT2D eigenvalue weighted by Gasteiger charge is -2.20. The summed E-state index contributed by atoms with van der Waals surface area (Å²) < 4.78 is 0. The van der Waals surface area contributed by atoms with Crippen LogP contribution in [0, 0.1) is 5.41 Å². The first-order chi connectivity index (χ1) is 8.23. The van der Waals surface area contributed by atoms with Crippen LogP contribution in [0.2, 0.25) is 0 Å². The quantitative estimate of drug-likeness (QED) is 0.692. The van der Waals surface area contributed by atoms with Gasteiger partial charge in [-0.2, -0.15) is 0 Å². The van der Waals surface area contributed by atoms with E-state index in [1.807, 2.05) is 0 Å². The number of carbonyl (C=O) groups excluding carboxylic acids is 2. The summed E-state index contributed by atoms with van der Waals surface area (Å²) in [7, 11) is 0. The topological polar surface area (TPSA) is 50.3 Å². The van der Waals surface area contributed by atoms with E-state index in [0.29, 0.717) is 12.1 Å². The molecule has 2 heterocycles. The zero-order valence-corrected chi connectivity index (χ0v) is 9.56. The number of hydrogen-bond acceptors (Lipinski definition) is 3. The van der Waals surface area contributed by atoms with E-state index in [0.717, 1.165) is 25.7 Å². The SMILES string of the molecule is O=C1CC2(CCCC2)C(=O)N1c1ccncc1. The second-order valence-electron chi connectivity index (χ2n) is 4.90. The number of pyridine rings is 1. The van der Waals surface area contributed by atoms with Crippen LogP contribution in [0.3, 0.4) is 0 Å². The van der Waals surface area contributed by atoms with Gasteiger partial charge in [0.05, 0.1) is 11.1 Å². The minimum absolute atomic E-state index is 0.00815. The van der Waals surface area contributed by atoms with Crippen LogP contribution in [0.15, 0.2) is 24.5 Å². The number of nitrogens with zero attached hydrogens (tertiary/aromatic N) is 2. The van der Waals surface area contributed by atoms with Crippen molar-refractivity contribution >= 4 is 17.5 Å². The number of anilines is 1. The molecule has 1 saturated carbocycles. The minimum atomic E-state index is -0.389. The molecule has 1 aliphatic carbocycles. The van der Waals surface area contributed by atoms with E-state index in [4.69, 9.17) is 0 Å². The van der Waals surface area contributed by atoms with Gasteiger partial charge in [0.1, 0.15) is 0 Å². The molecule has 0 aromatic carbocycles. The van der Waals surface area contributed by atoms with Gasteiger partial charge >= 0.3 is 0 Å². The van der Waals surface area contributed by atoms with E-state index in [9.17, 15) is 9.59 Å². The van der Waals surface area contributed by atoms with Crippen LogP contribution < -0.4 is 4.90 Å². The highest BCUT2D eigenvalue weighted by Gasteiger charge is 2.52. The van der Waals surface area contributed by atoms with E-state index in [1.165, 1.54) is 4.90 Å². The minimum Gasteiger partial charge on any atom is -0.274 e. The number of carbonyl (C=O) groups is 2. The summed E-state index contributed by atoms with van der Waals surface area (Å²) >= 11 is 0. The fourth-order valence-electron chi connectivity index (χ4n) is 2.99. The van der Waals surface area contributed by atoms with E-state index in [2.05, 4.69) is 4.98 Å². The summed E-state index contributed by atoms with van der Waals surface area (Å²) in [4.78, 5) is 29.7. The van der Waals surface area contributed by atoms with Crippen molar-refractivity contribution in [3.05, 3.63) is 24.5 Å². The summed E-state index contributed by atoms with van der Waals surface area (Å²) in [5, 5.41) is 0. The number of aromatic nitrogens is 1. The van der Waals surface area contributed by atoms with E-state index in [-0.39, 0.29) is 17.2 Å². The highest BCUT2D eigenvalue weighted by atomic mass is 16.2. The van der Waals surface area contributed by atoms with Crippen LogP contribution in [-0.2, 0) is 9.59 Å². The lowest BCUT2D eigenvalue weighted by atomic mass is 9.84. The third kappa shape index (κ3) is 1.47. The molecule has 4 nitrogen and oxygen atoms in total. The standard InChI is InChI=1S/C13H14N2O2/c16-11-9-13(5-1-2-6-13)12(17)15(11)10-3-7-14-8-4-10/h3-4,7-8H,1-2,5-6,9H2. The Kier molecular flexibility index (Phi) is 2.24. The largest absolute Gasteiger partial charge is 0.274 e. The van der Waals surface area contributed by atoms with Crippen molar-refractivity contribution in [3.8, 4) is 0 Å². The molecule has 2 amide bonds. The van der Waals surface area contributed by atoms with Gasteiger partial charge in [-0.3, -0.25) is 14.6 Å². The molecule has 1 spiro atoms. The molecule has 1 aliphatic heterocycles. The number of imide groups is 1. The van der Waals surface area contributed by atoms with Crippen LogP contribution in [0.1, 0.15) is 32.1 Å². The van der Waals surface area contributed by atoms with Gasteiger partial charge in [-0.25, -0.2) is 4.90 Å². The Morgan fingerprint density at radius 2 is 1.76 bits per heavy atom. The predicted octanol–water partition coefficient (Wildman–Crippen LogP) is 1.91. The first kappa shape index (κ1) is 10.4. The molecular formula is C13H14N2O2. The average molecular weight is 230 g/mol. The molecule has 2 fully saturated rings. The Labute approximate surface area is 99.6 Å². The van der Waals surface area contributed by atoms with Crippen molar-refractivity contribution < 1.29 is 9.59 Å². The second kappa shape index (κ2) is 3.65. The molecule has 2 aliphatic rings. The smallest absolute Gasteiger partial charge is 0.240 e.